The molecule has 1 fully saturated rings. The molecule has 7 heteroatoms. The topological polar surface area (TPSA) is 49.4 Å². The Hall–Kier alpha value is -2.47. The summed E-state index contributed by atoms with van der Waals surface area (Å²) in [6.45, 7) is 2.41. The molecule has 0 aromatic heterocycles. The fourth-order valence-electron chi connectivity index (χ4n) is 5.08. The molecule has 1 N–H and O–H groups in total. The Kier molecular flexibility index (Phi) is 11.2. The minimum absolute atomic E-state index is 0.0636. The van der Waals surface area contributed by atoms with Crippen LogP contribution in [0, 0.1) is 6.92 Å². The van der Waals surface area contributed by atoms with Gasteiger partial charge in [0.25, 0.3) is 0 Å². The van der Waals surface area contributed by atoms with E-state index in [-0.39, 0.29) is 23.6 Å². The van der Waals surface area contributed by atoms with E-state index in [1.165, 1.54) is 18.2 Å². The van der Waals surface area contributed by atoms with Crippen LogP contribution in [0.4, 0.5) is 0 Å². The number of rotatable bonds is 11. The van der Waals surface area contributed by atoms with Gasteiger partial charge in [0.05, 0.1) is 5.75 Å². The molecule has 1 aliphatic carbocycles. The molecule has 206 valence electrons. The van der Waals surface area contributed by atoms with Gasteiger partial charge in [-0.1, -0.05) is 109 Å². The predicted molar refractivity (Wildman–Crippen MR) is 163 cm³/mol. The number of benzene rings is 3. The summed E-state index contributed by atoms with van der Waals surface area (Å²) in [6, 6.07) is 23.1. The summed E-state index contributed by atoms with van der Waals surface area (Å²) in [5, 5.41) is 4.47. The number of hydrogen-bond acceptors (Lipinski definition) is 3. The first-order valence-electron chi connectivity index (χ1n) is 13.6. The molecule has 4 rings (SSSR count). The zero-order valence-electron chi connectivity index (χ0n) is 22.4. The van der Waals surface area contributed by atoms with Crippen LogP contribution < -0.4 is 5.32 Å². The van der Waals surface area contributed by atoms with E-state index in [4.69, 9.17) is 23.2 Å². The Labute approximate surface area is 246 Å². The van der Waals surface area contributed by atoms with Gasteiger partial charge in [-0.2, -0.15) is 0 Å². The van der Waals surface area contributed by atoms with Gasteiger partial charge in [-0.05, 0) is 48.6 Å². The Morgan fingerprint density at radius 3 is 2.41 bits per heavy atom. The number of aryl methyl sites for hydroxylation is 1. The molecule has 0 aliphatic heterocycles. The van der Waals surface area contributed by atoms with E-state index in [0.717, 1.165) is 47.9 Å². The van der Waals surface area contributed by atoms with Crippen molar-refractivity contribution in [1.29, 1.82) is 0 Å². The molecule has 0 bridgehead atoms. The molecule has 0 spiro atoms. The Bertz CT molecular complexity index is 1250. The smallest absolute Gasteiger partial charge is 0.243 e. The van der Waals surface area contributed by atoms with Crippen LogP contribution in [0.25, 0.3) is 0 Å². The normalized spacial score (nSPS) is 14.5. The molecule has 1 aliphatic rings. The second kappa shape index (κ2) is 14.8. The molecular weight excluding hydrogens is 547 g/mol. The third kappa shape index (κ3) is 9.02. The van der Waals surface area contributed by atoms with Crippen LogP contribution in [0.15, 0.2) is 72.8 Å². The number of carbonyl (C=O) groups is 2. The molecule has 4 nitrogen and oxygen atoms in total. The maximum absolute atomic E-state index is 13.9. The monoisotopic (exact) mass is 582 g/mol. The zero-order valence-corrected chi connectivity index (χ0v) is 24.7. The van der Waals surface area contributed by atoms with Crippen molar-refractivity contribution in [3.63, 3.8) is 0 Å². The van der Waals surface area contributed by atoms with Gasteiger partial charge < -0.3 is 10.2 Å². The van der Waals surface area contributed by atoms with Gasteiger partial charge >= 0.3 is 0 Å². The third-order valence-electron chi connectivity index (χ3n) is 7.16. The quantitative estimate of drug-likeness (QED) is 0.253. The van der Waals surface area contributed by atoms with E-state index in [2.05, 4.69) is 11.4 Å². The number of thioether (sulfide) groups is 1. The lowest BCUT2D eigenvalue weighted by atomic mass is 9.94. The average molecular weight is 584 g/mol. The number of amides is 2. The summed E-state index contributed by atoms with van der Waals surface area (Å²) < 4.78 is 0. The molecule has 3 aromatic rings. The van der Waals surface area contributed by atoms with Crippen molar-refractivity contribution in [3.05, 3.63) is 105 Å². The molecule has 0 heterocycles. The third-order valence-corrected chi connectivity index (χ3v) is 8.71. The van der Waals surface area contributed by atoms with Crippen LogP contribution in [0.5, 0.6) is 0 Å². The first-order chi connectivity index (χ1) is 18.9. The highest BCUT2D eigenvalue weighted by Gasteiger charge is 2.31. The van der Waals surface area contributed by atoms with E-state index in [0.29, 0.717) is 28.8 Å². The average Bonchev–Trinajstić information content (AvgIpc) is 2.93. The van der Waals surface area contributed by atoms with Crippen LogP contribution in [0.3, 0.4) is 0 Å². The first kappa shape index (κ1) is 29.5. The number of carbonyl (C=O) groups excluding carboxylic acids is 2. The van der Waals surface area contributed by atoms with E-state index in [1.54, 1.807) is 17.0 Å². The standard InChI is InChI=1S/C32H36Cl2N2O2S/c1-23-9-8-12-25(17-23)20-36(31(37)22-39-21-26-15-16-27(33)19-29(26)34)30(18-24-10-4-2-5-11-24)32(38)35-28-13-6-3-7-14-28/h2,4-5,8-12,15-17,19,28,30H,3,6-7,13-14,18,20-22H2,1H3,(H,35,38)/t30-/m1/s1. The summed E-state index contributed by atoms with van der Waals surface area (Å²) in [5.41, 5.74) is 4.10. The van der Waals surface area contributed by atoms with Gasteiger partial charge in [0.15, 0.2) is 0 Å². The van der Waals surface area contributed by atoms with Crippen molar-refractivity contribution in [3.8, 4) is 0 Å². The maximum Gasteiger partial charge on any atom is 0.243 e. The molecule has 1 atom stereocenters. The SMILES string of the molecule is Cc1cccc(CN(C(=O)CSCc2ccc(Cl)cc2Cl)[C@H](Cc2ccccc2)C(=O)NC2CCCCC2)c1. The maximum atomic E-state index is 13.9. The van der Waals surface area contributed by atoms with Crippen molar-refractivity contribution in [2.45, 2.75) is 69.8 Å². The van der Waals surface area contributed by atoms with Crippen LogP contribution in [-0.2, 0) is 28.3 Å². The highest BCUT2D eigenvalue weighted by molar-refractivity contribution is 7.99. The van der Waals surface area contributed by atoms with Crippen LogP contribution in [0.1, 0.15) is 54.4 Å². The summed E-state index contributed by atoms with van der Waals surface area (Å²) in [6.07, 6.45) is 5.92. The van der Waals surface area contributed by atoms with E-state index in [1.807, 2.05) is 61.5 Å². The van der Waals surface area contributed by atoms with Crippen LogP contribution in [0.2, 0.25) is 10.0 Å². The van der Waals surface area contributed by atoms with Crippen molar-refractivity contribution >= 4 is 46.8 Å². The molecule has 39 heavy (non-hydrogen) atoms. The summed E-state index contributed by atoms with van der Waals surface area (Å²) >= 11 is 13.9. The van der Waals surface area contributed by atoms with Crippen molar-refractivity contribution in [1.82, 2.24) is 10.2 Å². The highest BCUT2D eigenvalue weighted by atomic mass is 35.5. The fourth-order valence-corrected chi connectivity index (χ4v) is 6.54. The van der Waals surface area contributed by atoms with E-state index < -0.39 is 6.04 Å². The van der Waals surface area contributed by atoms with Gasteiger partial charge in [-0.25, -0.2) is 0 Å². The molecular formula is C32H36Cl2N2O2S. The second-order valence-corrected chi connectivity index (χ2v) is 12.1. The first-order valence-corrected chi connectivity index (χ1v) is 15.5. The zero-order chi connectivity index (χ0) is 27.6. The highest BCUT2D eigenvalue weighted by Crippen LogP contribution is 2.26. The molecule has 0 saturated heterocycles. The largest absolute Gasteiger partial charge is 0.352 e. The van der Waals surface area contributed by atoms with E-state index >= 15 is 0 Å². The number of hydrogen-bond donors (Lipinski definition) is 1. The van der Waals surface area contributed by atoms with Gasteiger partial charge in [0.1, 0.15) is 6.04 Å². The lowest BCUT2D eigenvalue weighted by Crippen LogP contribution is -2.53. The van der Waals surface area contributed by atoms with Crippen molar-refractivity contribution in [2.24, 2.45) is 0 Å². The molecule has 0 unspecified atom stereocenters. The second-order valence-electron chi connectivity index (χ2n) is 10.3. The minimum atomic E-state index is -0.609. The summed E-state index contributed by atoms with van der Waals surface area (Å²) in [5.74, 6) is 0.688. The molecule has 0 radical (unpaired) electrons. The van der Waals surface area contributed by atoms with Gasteiger partial charge in [0.2, 0.25) is 11.8 Å². The van der Waals surface area contributed by atoms with Gasteiger partial charge in [-0.3, -0.25) is 9.59 Å². The Morgan fingerprint density at radius 2 is 1.69 bits per heavy atom. The van der Waals surface area contributed by atoms with Crippen LogP contribution in [-0.4, -0.2) is 34.6 Å². The lowest BCUT2D eigenvalue weighted by Gasteiger charge is -2.33. The van der Waals surface area contributed by atoms with Crippen molar-refractivity contribution < 1.29 is 9.59 Å². The molecule has 1 saturated carbocycles. The fraction of sp³-hybridized carbons (Fsp3) is 0.375. The van der Waals surface area contributed by atoms with Crippen molar-refractivity contribution in [2.75, 3.05) is 5.75 Å². The summed E-state index contributed by atoms with van der Waals surface area (Å²) in [4.78, 5) is 29.5. The number of halogens is 2. The van der Waals surface area contributed by atoms with Gasteiger partial charge in [-0.15, -0.1) is 11.8 Å². The lowest BCUT2D eigenvalue weighted by molar-refractivity contribution is -0.139. The summed E-state index contributed by atoms with van der Waals surface area (Å²) in [7, 11) is 0. The minimum Gasteiger partial charge on any atom is -0.352 e. The Balaban J connectivity index is 1.57. The predicted octanol–water partition coefficient (Wildman–Crippen LogP) is 7.62. The van der Waals surface area contributed by atoms with E-state index in [9.17, 15) is 9.59 Å². The number of nitrogens with one attached hydrogen (secondary N) is 1. The molecule has 2 amide bonds. The van der Waals surface area contributed by atoms with Crippen LogP contribution >= 0.6 is 35.0 Å². The Morgan fingerprint density at radius 1 is 0.949 bits per heavy atom. The number of nitrogens with zero attached hydrogens (tertiary/aromatic N) is 1. The molecule has 3 aromatic carbocycles. The van der Waals surface area contributed by atoms with Gasteiger partial charge in [0, 0.05) is 34.8 Å².